The predicted octanol–water partition coefficient (Wildman–Crippen LogP) is 5.54. The minimum Gasteiger partial charge on any atom is -0.457 e. The van der Waals surface area contributed by atoms with Crippen LogP contribution in [0.2, 0.25) is 0 Å². The third kappa shape index (κ3) is 15.2. The van der Waals surface area contributed by atoms with E-state index >= 15 is 0 Å². The number of amides is 3. The summed E-state index contributed by atoms with van der Waals surface area (Å²) in [6.45, 7) is 6.33. The number of rotatable bonds is 23. The van der Waals surface area contributed by atoms with E-state index in [2.05, 4.69) is 17.6 Å². The molecule has 3 amide bonds. The lowest BCUT2D eigenvalue weighted by Crippen LogP contribution is -2.45. The van der Waals surface area contributed by atoms with Gasteiger partial charge >= 0.3 is 5.97 Å². The first-order valence-corrected chi connectivity index (χ1v) is 17.4. The van der Waals surface area contributed by atoms with Crippen LogP contribution < -0.4 is 21.1 Å². The molecule has 1 fully saturated rings. The molecule has 1 aromatic rings. The Labute approximate surface area is 275 Å². The van der Waals surface area contributed by atoms with Gasteiger partial charge in [-0.1, -0.05) is 77.8 Å². The molecule has 0 aliphatic heterocycles. The van der Waals surface area contributed by atoms with Crippen LogP contribution in [-0.4, -0.2) is 48.9 Å². The minimum absolute atomic E-state index is 0.0238. The second kappa shape index (κ2) is 22.2. The van der Waals surface area contributed by atoms with E-state index < -0.39 is 12.0 Å². The van der Waals surface area contributed by atoms with Crippen LogP contribution in [0.5, 0.6) is 5.75 Å². The number of hydrogen-bond donors (Lipinski definition) is 3. The molecule has 0 saturated heterocycles. The zero-order valence-corrected chi connectivity index (χ0v) is 28.3. The molecule has 0 spiro atoms. The first-order valence-electron chi connectivity index (χ1n) is 17.4. The van der Waals surface area contributed by atoms with Crippen molar-refractivity contribution < 1.29 is 33.4 Å². The van der Waals surface area contributed by atoms with Crippen LogP contribution in [-0.2, 0) is 35.1 Å². The SMILES string of the molecule is CCCCCC(=O)NC(Cc1ccc(OCOC(=O)C2CCCCC2)cc1)C(=O)CC(C(=O)NCCCCCC(N)=O)C(C)CC. The third-order valence-electron chi connectivity index (χ3n) is 8.95. The van der Waals surface area contributed by atoms with Gasteiger partial charge in [-0.05, 0) is 62.1 Å². The van der Waals surface area contributed by atoms with Crippen molar-refractivity contribution in [1.82, 2.24) is 10.6 Å². The first kappa shape index (κ1) is 38.8. The maximum Gasteiger partial charge on any atom is 0.311 e. The largest absolute Gasteiger partial charge is 0.457 e. The molecule has 1 aromatic carbocycles. The summed E-state index contributed by atoms with van der Waals surface area (Å²) < 4.78 is 11.0. The molecule has 10 heteroatoms. The lowest BCUT2D eigenvalue weighted by atomic mass is 9.84. The second-order valence-corrected chi connectivity index (χ2v) is 12.7. The fraction of sp³-hybridized carbons (Fsp3) is 0.694. The minimum atomic E-state index is -0.773. The molecule has 1 aliphatic rings. The number of unbranched alkanes of at least 4 members (excludes halogenated alkanes) is 4. The van der Waals surface area contributed by atoms with Crippen LogP contribution in [0, 0.1) is 17.8 Å². The van der Waals surface area contributed by atoms with E-state index in [1.807, 2.05) is 26.0 Å². The summed E-state index contributed by atoms with van der Waals surface area (Å²) in [6.07, 6.45) is 11.6. The fourth-order valence-electron chi connectivity index (χ4n) is 5.76. The van der Waals surface area contributed by atoms with E-state index in [0.717, 1.165) is 76.2 Å². The Hall–Kier alpha value is -3.43. The lowest BCUT2D eigenvalue weighted by Gasteiger charge is -2.25. The number of nitrogens with two attached hydrogens (primary N) is 1. The number of ketones is 1. The van der Waals surface area contributed by atoms with Crippen molar-refractivity contribution in [3.05, 3.63) is 29.8 Å². The molecule has 0 radical (unpaired) electrons. The molecule has 4 N–H and O–H groups in total. The molecule has 258 valence electrons. The summed E-state index contributed by atoms with van der Waals surface area (Å²) in [5, 5.41) is 5.91. The van der Waals surface area contributed by atoms with Gasteiger partial charge in [0.2, 0.25) is 24.5 Å². The van der Waals surface area contributed by atoms with Gasteiger partial charge in [0.1, 0.15) is 5.75 Å². The Balaban J connectivity index is 2.01. The Morgan fingerprint density at radius 1 is 0.913 bits per heavy atom. The maximum absolute atomic E-state index is 13.7. The summed E-state index contributed by atoms with van der Waals surface area (Å²) >= 11 is 0. The second-order valence-electron chi connectivity index (χ2n) is 12.7. The summed E-state index contributed by atoms with van der Waals surface area (Å²) in [5.41, 5.74) is 6.02. The van der Waals surface area contributed by atoms with Crippen molar-refractivity contribution in [3.63, 3.8) is 0 Å². The molecule has 0 aromatic heterocycles. The van der Waals surface area contributed by atoms with Gasteiger partial charge in [0.15, 0.2) is 5.78 Å². The lowest BCUT2D eigenvalue weighted by molar-refractivity contribution is -0.156. The highest BCUT2D eigenvalue weighted by Crippen LogP contribution is 2.25. The van der Waals surface area contributed by atoms with E-state index in [0.29, 0.717) is 31.6 Å². The zero-order valence-electron chi connectivity index (χ0n) is 28.3. The van der Waals surface area contributed by atoms with Crippen LogP contribution >= 0.6 is 0 Å². The molecule has 0 bridgehead atoms. The molecule has 1 saturated carbocycles. The highest BCUT2D eigenvalue weighted by molar-refractivity contribution is 5.92. The smallest absolute Gasteiger partial charge is 0.311 e. The molecular weight excluding hydrogens is 586 g/mol. The molecular formula is C36H57N3O7. The van der Waals surface area contributed by atoms with E-state index in [1.54, 1.807) is 12.1 Å². The number of nitrogens with one attached hydrogen (secondary N) is 2. The van der Waals surface area contributed by atoms with Gasteiger partial charge in [-0.25, -0.2) is 0 Å². The quantitative estimate of drug-likeness (QED) is 0.0804. The van der Waals surface area contributed by atoms with Gasteiger partial charge in [0.25, 0.3) is 0 Å². The van der Waals surface area contributed by atoms with Crippen molar-refractivity contribution >= 4 is 29.5 Å². The Bertz CT molecular complexity index is 1090. The predicted molar refractivity (Wildman–Crippen MR) is 178 cm³/mol. The highest BCUT2D eigenvalue weighted by Gasteiger charge is 2.31. The Kier molecular flexibility index (Phi) is 18.7. The van der Waals surface area contributed by atoms with Gasteiger partial charge in [-0.3, -0.25) is 24.0 Å². The molecule has 10 nitrogen and oxygen atoms in total. The molecule has 2 rings (SSSR count). The summed E-state index contributed by atoms with van der Waals surface area (Å²) in [7, 11) is 0. The van der Waals surface area contributed by atoms with E-state index in [9.17, 15) is 24.0 Å². The van der Waals surface area contributed by atoms with Crippen molar-refractivity contribution in [2.24, 2.45) is 23.5 Å². The number of carbonyl (C=O) groups is 5. The first-order chi connectivity index (χ1) is 22.1. The summed E-state index contributed by atoms with van der Waals surface area (Å²) in [5.74, 6) is -1.12. The average molecular weight is 644 g/mol. The normalized spacial score (nSPS) is 15.3. The van der Waals surface area contributed by atoms with E-state index in [1.165, 1.54) is 0 Å². The Morgan fingerprint density at radius 2 is 1.61 bits per heavy atom. The topological polar surface area (TPSA) is 154 Å². The summed E-state index contributed by atoms with van der Waals surface area (Å²) in [6, 6.07) is 6.41. The number of hydrogen-bond acceptors (Lipinski definition) is 7. The fourth-order valence-corrected chi connectivity index (χ4v) is 5.76. The van der Waals surface area contributed by atoms with Gasteiger partial charge in [-0.15, -0.1) is 0 Å². The summed E-state index contributed by atoms with van der Waals surface area (Å²) in [4.78, 5) is 62.9. The van der Waals surface area contributed by atoms with E-state index in [4.69, 9.17) is 15.2 Å². The van der Waals surface area contributed by atoms with Crippen LogP contribution in [0.25, 0.3) is 0 Å². The van der Waals surface area contributed by atoms with Crippen LogP contribution in [0.4, 0.5) is 0 Å². The number of ether oxygens (including phenoxy) is 2. The number of esters is 1. The van der Waals surface area contributed by atoms with Crippen molar-refractivity contribution in [2.45, 2.75) is 130 Å². The van der Waals surface area contributed by atoms with Crippen molar-refractivity contribution in [2.75, 3.05) is 13.3 Å². The molecule has 46 heavy (non-hydrogen) atoms. The van der Waals surface area contributed by atoms with E-state index in [-0.39, 0.29) is 60.9 Å². The number of primary amides is 1. The van der Waals surface area contributed by atoms with Crippen LogP contribution in [0.1, 0.15) is 123 Å². The van der Waals surface area contributed by atoms with Crippen LogP contribution in [0.15, 0.2) is 24.3 Å². The third-order valence-corrected chi connectivity index (χ3v) is 8.95. The Morgan fingerprint density at radius 3 is 2.26 bits per heavy atom. The number of Topliss-reactive ketones (excluding diaryl/α,β-unsaturated/α-hetero) is 1. The molecule has 3 atom stereocenters. The highest BCUT2D eigenvalue weighted by atomic mass is 16.7. The van der Waals surface area contributed by atoms with Gasteiger partial charge in [-0.2, -0.15) is 0 Å². The average Bonchev–Trinajstić information content (AvgIpc) is 3.05. The van der Waals surface area contributed by atoms with Gasteiger partial charge in [0, 0.05) is 31.7 Å². The standard InChI is InChI=1S/C36H57N3O7/c1-4-6-9-17-34(42)39-31(32(40)24-30(26(3)5-2)35(43)38-22-13-8-12-16-33(37)41)23-27-18-20-29(21-19-27)45-25-46-36(44)28-14-10-7-11-15-28/h18-21,26,28,30-31H,4-17,22-25H2,1-3H3,(H2,37,41)(H,38,43)(H,39,42). The maximum atomic E-state index is 13.7. The monoisotopic (exact) mass is 643 g/mol. The van der Waals surface area contributed by atoms with Crippen molar-refractivity contribution in [3.8, 4) is 5.75 Å². The van der Waals surface area contributed by atoms with Crippen LogP contribution in [0.3, 0.4) is 0 Å². The van der Waals surface area contributed by atoms with Gasteiger partial charge < -0.3 is 25.8 Å². The number of benzene rings is 1. The number of carbonyl (C=O) groups excluding carboxylic acids is 5. The zero-order chi connectivity index (χ0) is 33.7. The molecule has 1 aliphatic carbocycles. The van der Waals surface area contributed by atoms with Crippen molar-refractivity contribution in [1.29, 1.82) is 0 Å². The molecule has 0 heterocycles. The van der Waals surface area contributed by atoms with Gasteiger partial charge in [0.05, 0.1) is 12.0 Å². The molecule has 3 unspecified atom stereocenters.